The lowest BCUT2D eigenvalue weighted by Gasteiger charge is -2.21. The van der Waals surface area contributed by atoms with E-state index in [1.54, 1.807) is 0 Å². The van der Waals surface area contributed by atoms with Gasteiger partial charge in [-0.15, -0.1) is 0 Å². The van der Waals surface area contributed by atoms with Gasteiger partial charge in [0.25, 0.3) is 0 Å². The normalized spacial score (nSPS) is 13.2. The van der Waals surface area contributed by atoms with Crippen molar-refractivity contribution in [2.75, 3.05) is 0 Å². The lowest BCUT2D eigenvalue weighted by molar-refractivity contribution is -0.147. The van der Waals surface area contributed by atoms with E-state index in [2.05, 4.69) is 0 Å². The van der Waals surface area contributed by atoms with Crippen molar-refractivity contribution in [2.45, 2.75) is 38.5 Å². The van der Waals surface area contributed by atoms with Crippen molar-refractivity contribution in [1.29, 1.82) is 0 Å². The van der Waals surface area contributed by atoms with E-state index in [1.807, 2.05) is 44.2 Å². The van der Waals surface area contributed by atoms with Crippen molar-refractivity contribution in [3.05, 3.63) is 35.9 Å². The van der Waals surface area contributed by atoms with Gasteiger partial charge in [-0.3, -0.25) is 4.79 Å². The van der Waals surface area contributed by atoms with Gasteiger partial charge in [0.1, 0.15) is 12.6 Å². The van der Waals surface area contributed by atoms with Gasteiger partial charge in [0.15, 0.2) is 0 Å². The van der Waals surface area contributed by atoms with Crippen LogP contribution in [0.1, 0.15) is 25.8 Å². The van der Waals surface area contributed by atoms with E-state index >= 15 is 0 Å². The number of esters is 1. The number of carbonyl (C=O) groups is 1. The second-order valence-corrected chi connectivity index (χ2v) is 4.89. The molecule has 0 unspecified atom stereocenters. The quantitative estimate of drug-likeness (QED) is 0.753. The molecule has 0 saturated carbocycles. The molecule has 1 aromatic rings. The maximum atomic E-state index is 11.6. The Morgan fingerprint density at radius 1 is 1.35 bits per heavy atom. The highest BCUT2D eigenvalue weighted by Gasteiger charge is 2.22. The third-order valence-electron chi connectivity index (χ3n) is 2.27. The van der Waals surface area contributed by atoms with Crippen LogP contribution >= 0.6 is 0 Å². The van der Waals surface area contributed by atoms with Crippen LogP contribution in [-0.4, -0.2) is 17.6 Å². The fraction of sp³-hybridized carbons (Fsp3) is 0.462. The molecule has 0 radical (unpaired) electrons. The van der Waals surface area contributed by atoms with E-state index in [-0.39, 0.29) is 6.61 Å². The molecule has 0 saturated heterocycles. The summed E-state index contributed by atoms with van der Waals surface area (Å²) >= 11 is 0. The molecule has 1 aromatic carbocycles. The van der Waals surface area contributed by atoms with Crippen molar-refractivity contribution >= 4 is 5.97 Å². The zero-order chi connectivity index (χ0) is 12.9. The zero-order valence-corrected chi connectivity index (χ0v) is 10.3. The van der Waals surface area contributed by atoms with Crippen LogP contribution in [0.4, 0.5) is 0 Å². The van der Waals surface area contributed by atoms with Crippen LogP contribution < -0.4 is 11.5 Å². The molecule has 0 amide bonds. The van der Waals surface area contributed by atoms with E-state index < -0.39 is 17.6 Å². The van der Waals surface area contributed by atoms with Crippen LogP contribution in [0.5, 0.6) is 0 Å². The van der Waals surface area contributed by atoms with E-state index in [4.69, 9.17) is 16.2 Å². The second kappa shape index (κ2) is 5.80. The molecular weight excluding hydrogens is 216 g/mol. The molecule has 94 valence electrons. The lowest BCUT2D eigenvalue weighted by Crippen LogP contribution is -2.43. The van der Waals surface area contributed by atoms with Crippen LogP contribution in [0.25, 0.3) is 0 Å². The highest BCUT2D eigenvalue weighted by Crippen LogP contribution is 2.08. The van der Waals surface area contributed by atoms with Gasteiger partial charge >= 0.3 is 5.97 Å². The molecule has 0 aliphatic heterocycles. The molecular formula is C13H20N2O2. The minimum Gasteiger partial charge on any atom is -0.460 e. The molecule has 0 heterocycles. The summed E-state index contributed by atoms with van der Waals surface area (Å²) in [6, 6.07) is 8.82. The van der Waals surface area contributed by atoms with E-state index in [1.165, 1.54) is 0 Å². The molecule has 1 rings (SSSR count). The Kier molecular flexibility index (Phi) is 4.66. The van der Waals surface area contributed by atoms with Crippen molar-refractivity contribution in [1.82, 2.24) is 0 Å². The second-order valence-electron chi connectivity index (χ2n) is 4.89. The van der Waals surface area contributed by atoms with Crippen LogP contribution in [0.2, 0.25) is 0 Å². The molecule has 0 bridgehead atoms. The first-order valence-corrected chi connectivity index (χ1v) is 5.63. The summed E-state index contributed by atoms with van der Waals surface area (Å²) in [6.45, 7) is 3.91. The molecule has 0 aliphatic carbocycles. The first kappa shape index (κ1) is 13.7. The average Bonchev–Trinajstić information content (AvgIpc) is 2.25. The van der Waals surface area contributed by atoms with Gasteiger partial charge in [-0.25, -0.2) is 0 Å². The topological polar surface area (TPSA) is 78.3 Å². The minimum absolute atomic E-state index is 0.248. The molecule has 0 fully saturated rings. The Balaban J connectivity index is 2.40. The van der Waals surface area contributed by atoms with Crippen LogP contribution in [0.3, 0.4) is 0 Å². The summed E-state index contributed by atoms with van der Waals surface area (Å²) in [5, 5.41) is 0. The van der Waals surface area contributed by atoms with E-state index in [9.17, 15) is 4.79 Å². The molecule has 4 heteroatoms. The number of hydrogen-bond acceptors (Lipinski definition) is 4. The number of nitrogens with two attached hydrogens (primary N) is 2. The van der Waals surface area contributed by atoms with E-state index in [0.29, 0.717) is 6.42 Å². The summed E-state index contributed by atoms with van der Waals surface area (Å²) in [6.07, 6.45) is 0.403. The van der Waals surface area contributed by atoms with E-state index in [0.717, 1.165) is 5.56 Å². The lowest BCUT2D eigenvalue weighted by atomic mass is 9.97. The van der Waals surface area contributed by atoms with Crippen LogP contribution in [0.15, 0.2) is 30.3 Å². The first-order valence-electron chi connectivity index (χ1n) is 5.63. The van der Waals surface area contributed by atoms with Gasteiger partial charge in [0.05, 0.1) is 0 Å². The number of ether oxygens (including phenoxy) is 1. The molecule has 0 spiro atoms. The maximum Gasteiger partial charge on any atom is 0.323 e. The van der Waals surface area contributed by atoms with Crippen LogP contribution in [0, 0.1) is 0 Å². The summed E-state index contributed by atoms with van der Waals surface area (Å²) in [5.41, 5.74) is 12.0. The SMILES string of the molecule is CC(C)(N)C[C@H](N)C(=O)OCc1ccccc1. The smallest absolute Gasteiger partial charge is 0.323 e. The van der Waals surface area contributed by atoms with Crippen molar-refractivity contribution < 1.29 is 9.53 Å². The summed E-state index contributed by atoms with van der Waals surface area (Å²) in [5.74, 6) is -0.410. The third-order valence-corrected chi connectivity index (χ3v) is 2.27. The molecule has 17 heavy (non-hydrogen) atoms. The summed E-state index contributed by atoms with van der Waals surface area (Å²) in [7, 11) is 0. The predicted molar refractivity (Wildman–Crippen MR) is 67.1 cm³/mol. The number of hydrogen-bond donors (Lipinski definition) is 2. The fourth-order valence-electron chi connectivity index (χ4n) is 1.49. The predicted octanol–water partition coefficient (Wildman–Crippen LogP) is 1.18. The first-order chi connectivity index (χ1) is 7.88. The Bertz CT molecular complexity index is 357. The summed E-state index contributed by atoms with van der Waals surface area (Å²) < 4.78 is 5.12. The number of benzene rings is 1. The van der Waals surface area contributed by atoms with Crippen molar-refractivity contribution in [3.8, 4) is 0 Å². The van der Waals surface area contributed by atoms with Gasteiger partial charge in [-0.1, -0.05) is 30.3 Å². The minimum atomic E-state index is -0.668. The number of carbonyl (C=O) groups excluding carboxylic acids is 1. The molecule has 1 atom stereocenters. The van der Waals surface area contributed by atoms with Crippen molar-refractivity contribution in [3.63, 3.8) is 0 Å². The molecule has 0 aromatic heterocycles. The van der Waals surface area contributed by atoms with Crippen molar-refractivity contribution in [2.24, 2.45) is 11.5 Å². The maximum absolute atomic E-state index is 11.6. The molecule has 0 aliphatic rings. The monoisotopic (exact) mass is 236 g/mol. The highest BCUT2D eigenvalue weighted by atomic mass is 16.5. The van der Waals surface area contributed by atoms with Gasteiger partial charge in [0, 0.05) is 5.54 Å². The molecule has 4 N–H and O–H groups in total. The van der Waals surface area contributed by atoms with Gasteiger partial charge in [-0.2, -0.15) is 0 Å². The highest BCUT2D eigenvalue weighted by molar-refractivity contribution is 5.75. The fourth-order valence-corrected chi connectivity index (χ4v) is 1.49. The molecule has 4 nitrogen and oxygen atoms in total. The summed E-state index contributed by atoms with van der Waals surface area (Å²) in [4.78, 5) is 11.6. The Hall–Kier alpha value is -1.39. The number of rotatable bonds is 5. The van der Waals surface area contributed by atoms with Gasteiger partial charge < -0.3 is 16.2 Å². The average molecular weight is 236 g/mol. The largest absolute Gasteiger partial charge is 0.460 e. The van der Waals surface area contributed by atoms with Gasteiger partial charge in [-0.05, 0) is 25.8 Å². The Labute approximate surface area is 102 Å². The third kappa shape index (κ3) is 5.47. The zero-order valence-electron chi connectivity index (χ0n) is 10.3. The van der Waals surface area contributed by atoms with Crippen LogP contribution in [-0.2, 0) is 16.1 Å². The van der Waals surface area contributed by atoms with Gasteiger partial charge in [0.2, 0.25) is 0 Å². The Morgan fingerprint density at radius 2 is 1.94 bits per heavy atom. The Morgan fingerprint density at radius 3 is 2.47 bits per heavy atom. The standard InChI is InChI=1S/C13H20N2O2/c1-13(2,15)8-11(14)12(16)17-9-10-6-4-3-5-7-10/h3-7,11H,8-9,14-15H2,1-2H3/t11-/m0/s1.